The Morgan fingerprint density at radius 1 is 1.10 bits per heavy atom. The second kappa shape index (κ2) is 7.67. The van der Waals surface area contributed by atoms with E-state index in [2.05, 4.69) is 20.7 Å². The van der Waals surface area contributed by atoms with Crippen LogP contribution in [-0.2, 0) is 4.79 Å². The zero-order valence-corrected chi connectivity index (χ0v) is 16.8. The fourth-order valence-corrected chi connectivity index (χ4v) is 3.16. The summed E-state index contributed by atoms with van der Waals surface area (Å²) >= 11 is 6.23. The van der Waals surface area contributed by atoms with Gasteiger partial charge in [-0.2, -0.15) is 0 Å². The number of rotatable bonds is 5. The molecule has 0 saturated heterocycles. The number of anilines is 2. The van der Waals surface area contributed by atoms with Crippen LogP contribution in [-0.4, -0.2) is 26.6 Å². The Kier molecular flexibility index (Phi) is 5.07. The van der Waals surface area contributed by atoms with Crippen LogP contribution >= 0.6 is 11.6 Å². The molecule has 1 aliphatic rings. The van der Waals surface area contributed by atoms with Crippen LogP contribution in [0.2, 0.25) is 5.02 Å². The van der Waals surface area contributed by atoms with Gasteiger partial charge in [0, 0.05) is 17.3 Å². The molecule has 0 radical (unpaired) electrons. The smallest absolute Gasteiger partial charge is 0.295 e. The molecule has 0 bridgehead atoms. The third-order valence-electron chi connectivity index (χ3n) is 4.75. The number of carbonyl (C=O) groups excluding carboxylic acids is 2. The molecule has 1 fully saturated rings. The monoisotopic (exact) mass is 409 g/mol. The minimum Gasteiger partial charge on any atom is -0.326 e. The van der Waals surface area contributed by atoms with Crippen molar-refractivity contribution in [3.63, 3.8) is 0 Å². The number of halogens is 1. The van der Waals surface area contributed by atoms with Gasteiger partial charge < -0.3 is 10.6 Å². The molecule has 0 aliphatic heterocycles. The summed E-state index contributed by atoms with van der Waals surface area (Å²) < 4.78 is 1.54. The molecule has 0 unspecified atom stereocenters. The van der Waals surface area contributed by atoms with Crippen LogP contribution < -0.4 is 10.6 Å². The van der Waals surface area contributed by atoms with E-state index >= 15 is 0 Å². The van der Waals surface area contributed by atoms with Crippen molar-refractivity contribution >= 4 is 34.8 Å². The van der Waals surface area contributed by atoms with E-state index in [0.29, 0.717) is 27.9 Å². The number of hydrogen-bond donors (Lipinski definition) is 2. The average molecular weight is 410 g/mol. The van der Waals surface area contributed by atoms with Crippen molar-refractivity contribution in [3.8, 4) is 5.69 Å². The van der Waals surface area contributed by atoms with Crippen LogP contribution in [0.3, 0.4) is 0 Å². The van der Waals surface area contributed by atoms with Crippen LogP contribution in [0.25, 0.3) is 5.69 Å². The largest absolute Gasteiger partial charge is 0.326 e. The molecule has 7 nitrogen and oxygen atoms in total. The highest BCUT2D eigenvalue weighted by Crippen LogP contribution is 2.31. The lowest BCUT2D eigenvalue weighted by Gasteiger charge is -2.10. The summed E-state index contributed by atoms with van der Waals surface area (Å²) in [7, 11) is 0. The van der Waals surface area contributed by atoms with Crippen LogP contribution in [0, 0.1) is 19.8 Å². The molecular weight excluding hydrogens is 390 g/mol. The van der Waals surface area contributed by atoms with Crippen molar-refractivity contribution in [2.75, 3.05) is 10.6 Å². The fraction of sp³-hybridized carbons (Fsp3) is 0.238. The van der Waals surface area contributed by atoms with E-state index in [1.54, 1.807) is 19.1 Å². The molecule has 0 spiro atoms. The predicted octanol–water partition coefficient (Wildman–Crippen LogP) is 4.14. The Morgan fingerprint density at radius 2 is 1.86 bits per heavy atom. The molecule has 8 heteroatoms. The fourth-order valence-electron chi connectivity index (χ4n) is 2.94. The molecular formula is C21H20ClN5O2. The van der Waals surface area contributed by atoms with Crippen molar-refractivity contribution < 1.29 is 9.59 Å². The SMILES string of the molecule is Cc1ccc(NC(=O)C2CC2)cc1NC(=O)c1nc(C)n(-c2ccccc2Cl)n1. The van der Waals surface area contributed by atoms with Gasteiger partial charge in [-0.25, -0.2) is 9.67 Å². The Morgan fingerprint density at radius 3 is 2.59 bits per heavy atom. The zero-order chi connectivity index (χ0) is 20.5. The first kappa shape index (κ1) is 19.1. The Labute approximate surface area is 173 Å². The highest BCUT2D eigenvalue weighted by atomic mass is 35.5. The van der Waals surface area contributed by atoms with E-state index in [1.165, 1.54) is 4.68 Å². The minimum absolute atomic E-state index is 0.0157. The van der Waals surface area contributed by atoms with E-state index < -0.39 is 5.91 Å². The second-order valence-electron chi connectivity index (χ2n) is 7.09. The molecule has 29 heavy (non-hydrogen) atoms. The van der Waals surface area contributed by atoms with E-state index in [0.717, 1.165) is 18.4 Å². The van der Waals surface area contributed by atoms with Crippen molar-refractivity contribution in [2.45, 2.75) is 26.7 Å². The first-order valence-electron chi connectivity index (χ1n) is 9.34. The van der Waals surface area contributed by atoms with E-state index in [-0.39, 0.29) is 17.6 Å². The van der Waals surface area contributed by atoms with Crippen molar-refractivity contribution in [1.82, 2.24) is 14.8 Å². The quantitative estimate of drug-likeness (QED) is 0.662. The van der Waals surface area contributed by atoms with Crippen LogP contribution in [0.15, 0.2) is 42.5 Å². The standard InChI is InChI=1S/C21H20ClN5O2/c1-12-7-10-15(24-20(28)14-8-9-14)11-17(12)25-21(29)19-23-13(2)27(26-19)18-6-4-3-5-16(18)22/h3-7,10-11,14H,8-9H2,1-2H3,(H,24,28)(H,25,29). The molecule has 1 aliphatic carbocycles. The maximum absolute atomic E-state index is 12.7. The molecule has 4 rings (SSSR count). The maximum Gasteiger partial charge on any atom is 0.295 e. The molecule has 2 amide bonds. The molecule has 0 atom stereocenters. The van der Waals surface area contributed by atoms with Crippen molar-refractivity contribution in [3.05, 3.63) is 64.7 Å². The summed E-state index contributed by atoms with van der Waals surface area (Å²) in [4.78, 5) is 29.0. The van der Waals surface area contributed by atoms with Gasteiger partial charge in [0.05, 0.1) is 10.7 Å². The molecule has 1 saturated carbocycles. The number of carbonyl (C=O) groups is 2. The van der Waals surface area contributed by atoms with E-state index in [9.17, 15) is 9.59 Å². The van der Waals surface area contributed by atoms with Gasteiger partial charge in [0.25, 0.3) is 5.91 Å². The number of nitrogens with zero attached hydrogens (tertiary/aromatic N) is 3. The van der Waals surface area contributed by atoms with Crippen LogP contribution in [0.4, 0.5) is 11.4 Å². The maximum atomic E-state index is 12.7. The number of amides is 2. The predicted molar refractivity (Wildman–Crippen MR) is 112 cm³/mol. The summed E-state index contributed by atoms with van der Waals surface area (Å²) in [5.41, 5.74) is 2.76. The number of hydrogen-bond acceptors (Lipinski definition) is 4. The van der Waals surface area contributed by atoms with E-state index in [4.69, 9.17) is 11.6 Å². The Bertz CT molecular complexity index is 1100. The molecule has 1 aromatic heterocycles. The lowest BCUT2D eigenvalue weighted by Crippen LogP contribution is -2.16. The summed E-state index contributed by atoms with van der Waals surface area (Å²) in [6.45, 7) is 3.63. The van der Waals surface area contributed by atoms with Gasteiger partial charge in [0.1, 0.15) is 5.82 Å². The zero-order valence-electron chi connectivity index (χ0n) is 16.1. The van der Waals surface area contributed by atoms with Crippen LogP contribution in [0.1, 0.15) is 34.8 Å². The van der Waals surface area contributed by atoms with Crippen LogP contribution in [0.5, 0.6) is 0 Å². The number of aryl methyl sites for hydroxylation is 2. The second-order valence-corrected chi connectivity index (χ2v) is 7.50. The first-order chi connectivity index (χ1) is 13.9. The molecule has 3 aromatic rings. The molecule has 2 aromatic carbocycles. The van der Waals surface area contributed by atoms with Gasteiger partial charge >= 0.3 is 0 Å². The third kappa shape index (κ3) is 4.14. The normalized spacial score (nSPS) is 13.2. The van der Waals surface area contributed by atoms with Gasteiger partial charge in [-0.1, -0.05) is 29.8 Å². The lowest BCUT2D eigenvalue weighted by atomic mass is 10.1. The molecule has 2 N–H and O–H groups in total. The lowest BCUT2D eigenvalue weighted by molar-refractivity contribution is -0.117. The van der Waals surface area contributed by atoms with Gasteiger partial charge in [-0.3, -0.25) is 9.59 Å². The molecule has 1 heterocycles. The average Bonchev–Trinajstić information content (AvgIpc) is 3.47. The van der Waals surface area contributed by atoms with Gasteiger partial charge in [-0.05, 0) is 56.5 Å². The molecule has 148 valence electrons. The summed E-state index contributed by atoms with van der Waals surface area (Å²) in [6.07, 6.45) is 1.86. The first-order valence-corrected chi connectivity index (χ1v) is 9.71. The van der Waals surface area contributed by atoms with Gasteiger partial charge in [-0.15, -0.1) is 5.10 Å². The highest BCUT2D eigenvalue weighted by molar-refractivity contribution is 6.32. The van der Waals surface area contributed by atoms with Gasteiger partial charge in [0.2, 0.25) is 11.7 Å². The number of benzene rings is 2. The summed E-state index contributed by atoms with van der Waals surface area (Å²) in [5, 5.41) is 10.5. The minimum atomic E-state index is -0.437. The summed E-state index contributed by atoms with van der Waals surface area (Å²) in [5.74, 6) is 0.268. The van der Waals surface area contributed by atoms with Gasteiger partial charge in [0.15, 0.2) is 0 Å². The van der Waals surface area contributed by atoms with Crippen molar-refractivity contribution in [1.29, 1.82) is 0 Å². The number of aromatic nitrogens is 3. The number of nitrogens with one attached hydrogen (secondary N) is 2. The Hall–Kier alpha value is -3.19. The van der Waals surface area contributed by atoms with E-state index in [1.807, 2.05) is 37.3 Å². The number of para-hydroxylation sites is 1. The summed E-state index contributed by atoms with van der Waals surface area (Å²) in [6, 6.07) is 12.6. The Balaban J connectivity index is 1.54. The topological polar surface area (TPSA) is 88.9 Å². The van der Waals surface area contributed by atoms with Crippen molar-refractivity contribution in [2.24, 2.45) is 5.92 Å². The highest BCUT2D eigenvalue weighted by Gasteiger charge is 2.29. The third-order valence-corrected chi connectivity index (χ3v) is 5.07.